The number of rotatable bonds is 3. The van der Waals surface area contributed by atoms with E-state index < -0.39 is 0 Å². The molecule has 172 valence electrons. The lowest BCUT2D eigenvalue weighted by Crippen LogP contribution is -2.20. The molecule has 2 aromatic heterocycles. The molecule has 35 heavy (non-hydrogen) atoms. The molecule has 3 heterocycles. The summed E-state index contributed by atoms with van der Waals surface area (Å²) in [6, 6.07) is 25.7. The molecule has 0 spiro atoms. The first kappa shape index (κ1) is 21.2. The van der Waals surface area contributed by atoms with Gasteiger partial charge in [-0.1, -0.05) is 48.5 Å². The van der Waals surface area contributed by atoms with E-state index in [2.05, 4.69) is 4.98 Å². The smallest absolute Gasteiger partial charge is 0.231 e. The summed E-state index contributed by atoms with van der Waals surface area (Å²) in [6.07, 6.45) is 0. The number of halogens is 1. The van der Waals surface area contributed by atoms with E-state index in [1.165, 1.54) is 12.1 Å². The Morgan fingerprint density at radius 3 is 2.17 bits per heavy atom. The first-order valence-corrected chi connectivity index (χ1v) is 11.5. The average Bonchev–Trinajstić information content (AvgIpc) is 3.20. The van der Waals surface area contributed by atoms with Crippen molar-refractivity contribution < 1.29 is 9.13 Å². The minimum Gasteiger partial charge on any atom is -0.420 e. The molecule has 2 N–H and O–H groups in total. The average molecular weight is 482 g/mol. The molecule has 0 radical (unpaired) electrons. The predicted octanol–water partition coefficient (Wildman–Crippen LogP) is 6.10. The van der Waals surface area contributed by atoms with Crippen LogP contribution in [0.2, 0.25) is 0 Å². The number of aryl methyl sites for hydroxylation is 1. The molecule has 0 bridgehead atoms. The van der Waals surface area contributed by atoms with Gasteiger partial charge in [0.15, 0.2) is 0 Å². The van der Waals surface area contributed by atoms with Gasteiger partial charge in [-0.2, -0.15) is 10.1 Å². The number of hydrogen-bond acceptors (Lipinski definition) is 5. The Labute approximate surface area is 206 Å². The van der Waals surface area contributed by atoms with Crippen molar-refractivity contribution >= 4 is 18.0 Å². The topological polar surface area (TPSA) is 70.9 Å². The van der Waals surface area contributed by atoms with Gasteiger partial charge < -0.3 is 10.5 Å². The molecule has 0 saturated heterocycles. The van der Waals surface area contributed by atoms with E-state index in [0.29, 0.717) is 23.1 Å². The van der Waals surface area contributed by atoms with Crippen LogP contribution in [0.4, 0.5) is 10.2 Å². The van der Waals surface area contributed by atoms with Crippen molar-refractivity contribution in [3.63, 3.8) is 0 Å². The lowest BCUT2D eigenvalue weighted by atomic mass is 9.84. The zero-order valence-electron chi connectivity index (χ0n) is 18.7. The number of nitrogen functional groups attached to an aromatic ring is 1. The summed E-state index contributed by atoms with van der Waals surface area (Å²) in [5.41, 5.74) is 11.6. The fourth-order valence-electron chi connectivity index (χ4n) is 4.62. The summed E-state index contributed by atoms with van der Waals surface area (Å²) in [6.45, 7) is 1.93. The molecule has 0 amide bonds. The lowest BCUT2D eigenvalue weighted by molar-refractivity contribution is 0.401. The Hall–Kier alpha value is -4.30. The molecule has 1 aliphatic rings. The van der Waals surface area contributed by atoms with Crippen LogP contribution in [0.5, 0.6) is 11.8 Å². The van der Waals surface area contributed by atoms with E-state index in [0.717, 1.165) is 28.2 Å². The maximum Gasteiger partial charge on any atom is 0.231 e. The van der Waals surface area contributed by atoms with Crippen LogP contribution in [0, 0.1) is 17.5 Å². The highest BCUT2D eigenvalue weighted by Gasteiger charge is 2.38. The van der Waals surface area contributed by atoms with Gasteiger partial charge in [0, 0.05) is 5.69 Å². The lowest BCUT2D eigenvalue weighted by Gasteiger charge is -2.29. The first-order chi connectivity index (χ1) is 17.0. The van der Waals surface area contributed by atoms with E-state index >= 15 is 0 Å². The summed E-state index contributed by atoms with van der Waals surface area (Å²) in [5.74, 6) is 0.570. The summed E-state index contributed by atoms with van der Waals surface area (Å²) in [4.78, 5) is 4.65. The van der Waals surface area contributed by atoms with Crippen molar-refractivity contribution in [1.29, 1.82) is 0 Å². The number of nitrogens with zero attached hydrogens (tertiary/aromatic N) is 4. The third-order valence-electron chi connectivity index (χ3n) is 6.19. The van der Waals surface area contributed by atoms with Gasteiger partial charge in [-0.05, 0) is 61.1 Å². The SMILES string of the molecule is Cc1nn(-c2ccccc2)c2c1C(c1ccc(F)cc1)c1c(nc(=S)n(-c3ccccc3)c1N)O2. The third kappa shape index (κ3) is 3.41. The van der Waals surface area contributed by atoms with E-state index in [4.69, 9.17) is 27.8 Å². The van der Waals surface area contributed by atoms with Crippen LogP contribution < -0.4 is 10.5 Å². The van der Waals surface area contributed by atoms with Gasteiger partial charge in [0.25, 0.3) is 0 Å². The highest BCUT2D eigenvalue weighted by atomic mass is 32.1. The van der Waals surface area contributed by atoms with Crippen LogP contribution in [0.25, 0.3) is 11.4 Å². The fourth-order valence-corrected chi connectivity index (χ4v) is 4.91. The van der Waals surface area contributed by atoms with E-state index in [1.807, 2.05) is 67.6 Å². The molecule has 0 saturated carbocycles. The number of aromatic nitrogens is 4. The van der Waals surface area contributed by atoms with Crippen molar-refractivity contribution in [2.45, 2.75) is 12.8 Å². The molecule has 1 atom stereocenters. The van der Waals surface area contributed by atoms with Crippen LogP contribution in [0.1, 0.15) is 28.3 Å². The van der Waals surface area contributed by atoms with Crippen molar-refractivity contribution in [2.75, 3.05) is 5.73 Å². The normalized spacial score (nSPS) is 14.2. The van der Waals surface area contributed by atoms with E-state index in [-0.39, 0.29) is 16.5 Å². The molecule has 1 unspecified atom stereocenters. The zero-order valence-corrected chi connectivity index (χ0v) is 19.5. The quantitative estimate of drug-likeness (QED) is 0.309. The second-order valence-corrected chi connectivity index (χ2v) is 8.67. The number of para-hydroxylation sites is 2. The van der Waals surface area contributed by atoms with Gasteiger partial charge in [-0.3, -0.25) is 4.57 Å². The van der Waals surface area contributed by atoms with Crippen molar-refractivity contribution in [3.8, 4) is 23.1 Å². The van der Waals surface area contributed by atoms with Crippen LogP contribution in [-0.4, -0.2) is 19.3 Å². The molecule has 1 aliphatic heterocycles. The molecule has 0 aliphatic carbocycles. The molecule has 0 fully saturated rings. The summed E-state index contributed by atoms with van der Waals surface area (Å²) in [5, 5.41) is 4.79. The molecule has 5 aromatic rings. The highest BCUT2D eigenvalue weighted by molar-refractivity contribution is 7.71. The van der Waals surface area contributed by atoms with Crippen LogP contribution in [-0.2, 0) is 0 Å². The Morgan fingerprint density at radius 2 is 1.51 bits per heavy atom. The predicted molar refractivity (Wildman–Crippen MR) is 135 cm³/mol. The van der Waals surface area contributed by atoms with Gasteiger partial charge in [0.1, 0.15) is 11.6 Å². The van der Waals surface area contributed by atoms with Crippen LogP contribution >= 0.6 is 12.2 Å². The van der Waals surface area contributed by atoms with Crippen LogP contribution in [0.3, 0.4) is 0 Å². The molecule has 3 aromatic carbocycles. The van der Waals surface area contributed by atoms with Crippen LogP contribution in [0.15, 0.2) is 84.9 Å². The molecule has 8 heteroatoms. The number of fused-ring (bicyclic) bond motifs is 2. The number of nitrogens with two attached hydrogens (primary N) is 1. The first-order valence-electron chi connectivity index (χ1n) is 11.1. The Kier molecular flexibility index (Phi) is 4.96. The van der Waals surface area contributed by atoms with Gasteiger partial charge in [-0.25, -0.2) is 9.07 Å². The van der Waals surface area contributed by atoms with E-state index in [1.54, 1.807) is 21.4 Å². The second kappa shape index (κ2) is 8.18. The number of benzene rings is 3. The largest absolute Gasteiger partial charge is 0.420 e. The zero-order chi connectivity index (χ0) is 24.1. The molecule has 6 rings (SSSR count). The Bertz CT molecular complexity index is 1610. The van der Waals surface area contributed by atoms with Crippen molar-refractivity contribution in [1.82, 2.24) is 19.3 Å². The summed E-state index contributed by atoms with van der Waals surface area (Å²) in [7, 11) is 0. The van der Waals surface area contributed by atoms with E-state index in [9.17, 15) is 4.39 Å². The van der Waals surface area contributed by atoms with Crippen molar-refractivity contribution in [3.05, 3.63) is 118 Å². The summed E-state index contributed by atoms with van der Waals surface area (Å²) >= 11 is 5.63. The van der Waals surface area contributed by atoms with Gasteiger partial charge in [0.2, 0.25) is 16.5 Å². The minimum absolute atomic E-state index is 0.274. The minimum atomic E-state index is -0.384. The molecular weight excluding hydrogens is 461 g/mol. The van der Waals surface area contributed by atoms with Gasteiger partial charge in [-0.15, -0.1) is 0 Å². The Balaban J connectivity index is 1.65. The fraction of sp³-hybridized carbons (Fsp3) is 0.0741. The Morgan fingerprint density at radius 1 is 0.886 bits per heavy atom. The highest BCUT2D eigenvalue weighted by Crippen LogP contribution is 2.50. The molecular formula is C27H20FN5OS. The molecule has 6 nitrogen and oxygen atoms in total. The van der Waals surface area contributed by atoms with Gasteiger partial charge >= 0.3 is 0 Å². The van der Waals surface area contributed by atoms with Gasteiger partial charge in [0.05, 0.1) is 28.4 Å². The standard InChI is InChI=1S/C27H20FN5OS/c1-16-21-22(17-12-14-18(28)15-13-17)23-24(29)32(19-8-4-2-5-9-19)27(35)30-25(23)34-26(21)33(31-16)20-10-6-3-7-11-20/h2-15,22H,29H2,1H3. The number of hydrogen-bond donors (Lipinski definition) is 1. The van der Waals surface area contributed by atoms with Crippen molar-refractivity contribution in [2.24, 2.45) is 0 Å². The number of anilines is 1. The second-order valence-electron chi connectivity index (χ2n) is 8.31. The summed E-state index contributed by atoms with van der Waals surface area (Å²) < 4.78 is 24.0. The maximum atomic E-state index is 13.9. The maximum absolute atomic E-state index is 13.9. The number of ether oxygens (including phenoxy) is 1. The third-order valence-corrected chi connectivity index (χ3v) is 6.46. The monoisotopic (exact) mass is 481 g/mol.